The van der Waals surface area contributed by atoms with E-state index in [0.717, 1.165) is 30.5 Å². The van der Waals surface area contributed by atoms with E-state index in [0.29, 0.717) is 19.5 Å². The van der Waals surface area contributed by atoms with Crippen molar-refractivity contribution in [3.05, 3.63) is 60.2 Å². The van der Waals surface area contributed by atoms with Crippen LogP contribution < -0.4 is 5.32 Å². The van der Waals surface area contributed by atoms with Gasteiger partial charge in [-0.2, -0.15) is 4.31 Å². The summed E-state index contributed by atoms with van der Waals surface area (Å²) in [5, 5.41) is 2.82. The topological polar surface area (TPSA) is 79.4 Å². The molecule has 1 amide bonds. The van der Waals surface area contributed by atoms with Crippen molar-refractivity contribution >= 4 is 15.9 Å². The number of hydrogen-bond acceptors (Lipinski definition) is 4. The number of piperidine rings is 1. The molecule has 2 heterocycles. The monoisotopic (exact) mass is 391 g/mol. The van der Waals surface area contributed by atoms with E-state index in [1.807, 2.05) is 6.07 Å². The third-order valence-corrected chi connectivity index (χ3v) is 6.59. The van der Waals surface area contributed by atoms with Gasteiger partial charge in [-0.05, 0) is 48.7 Å². The zero-order valence-electron chi connectivity index (χ0n) is 14.8. The molecule has 0 radical (unpaired) electrons. The lowest BCUT2D eigenvalue weighted by atomic mass is 10.0. The minimum Gasteiger partial charge on any atom is -0.352 e. The second kappa shape index (κ2) is 8.58. The molecular weight excluding hydrogens is 369 g/mol. The highest BCUT2D eigenvalue weighted by Gasteiger charge is 2.34. The summed E-state index contributed by atoms with van der Waals surface area (Å²) in [6, 6.07) is 8.04. The number of carbonyl (C=O) groups is 1. The van der Waals surface area contributed by atoms with Crippen LogP contribution in [0.1, 0.15) is 31.2 Å². The number of rotatable bonds is 6. The molecule has 144 valence electrons. The van der Waals surface area contributed by atoms with Crippen LogP contribution in [0.15, 0.2) is 53.7 Å². The molecule has 1 saturated heterocycles. The van der Waals surface area contributed by atoms with Crippen molar-refractivity contribution in [2.75, 3.05) is 6.54 Å². The van der Waals surface area contributed by atoms with E-state index >= 15 is 0 Å². The van der Waals surface area contributed by atoms with Gasteiger partial charge in [0.05, 0.1) is 4.90 Å². The minimum absolute atomic E-state index is 0.0477. The maximum Gasteiger partial charge on any atom is 0.243 e. The van der Waals surface area contributed by atoms with Gasteiger partial charge in [-0.15, -0.1) is 0 Å². The number of hydrogen-bond donors (Lipinski definition) is 1. The number of amides is 1. The number of pyridine rings is 1. The Bertz CT molecular complexity index is 873. The second-order valence-electron chi connectivity index (χ2n) is 6.56. The molecule has 0 bridgehead atoms. The third-order valence-electron chi connectivity index (χ3n) is 4.63. The van der Waals surface area contributed by atoms with Crippen molar-refractivity contribution in [3.8, 4) is 0 Å². The third kappa shape index (κ3) is 4.90. The number of aromatic nitrogens is 1. The molecule has 1 aromatic carbocycles. The number of nitrogens with one attached hydrogen (secondary N) is 1. The number of benzene rings is 1. The fourth-order valence-electron chi connectivity index (χ4n) is 3.23. The lowest BCUT2D eigenvalue weighted by Gasteiger charge is -2.34. The predicted octanol–water partition coefficient (Wildman–Crippen LogP) is 2.47. The molecule has 1 N–H and O–H groups in total. The first kappa shape index (κ1) is 19.4. The van der Waals surface area contributed by atoms with Crippen LogP contribution in [0.2, 0.25) is 0 Å². The molecule has 3 rings (SSSR count). The first-order chi connectivity index (χ1) is 13.0. The van der Waals surface area contributed by atoms with E-state index in [-0.39, 0.29) is 17.2 Å². The van der Waals surface area contributed by atoms with Crippen LogP contribution in [-0.2, 0) is 21.4 Å². The quantitative estimate of drug-likeness (QED) is 0.820. The molecule has 0 saturated carbocycles. The Morgan fingerprint density at radius 3 is 2.70 bits per heavy atom. The second-order valence-corrected chi connectivity index (χ2v) is 8.45. The van der Waals surface area contributed by atoms with Gasteiger partial charge in [0, 0.05) is 37.9 Å². The molecule has 1 aromatic heterocycles. The standard InChI is InChI=1S/C19H22FN3O3S/c20-16-6-8-18(9-7-16)27(25,26)23-11-2-1-5-17(23)12-19(24)22-14-15-4-3-10-21-13-15/h3-4,6-10,13,17H,1-2,5,11-12,14H2,(H,22,24)/t17-/m0/s1. The molecule has 1 aliphatic rings. The average molecular weight is 391 g/mol. The van der Waals surface area contributed by atoms with E-state index < -0.39 is 21.9 Å². The molecule has 0 spiro atoms. The molecule has 1 atom stereocenters. The summed E-state index contributed by atoms with van der Waals surface area (Å²) >= 11 is 0. The van der Waals surface area contributed by atoms with Crippen molar-refractivity contribution in [1.29, 1.82) is 0 Å². The first-order valence-corrected chi connectivity index (χ1v) is 10.3. The molecule has 1 fully saturated rings. The number of carbonyl (C=O) groups excluding carboxylic acids is 1. The largest absolute Gasteiger partial charge is 0.352 e. The Kier molecular flexibility index (Phi) is 6.18. The zero-order valence-corrected chi connectivity index (χ0v) is 15.7. The summed E-state index contributed by atoms with van der Waals surface area (Å²) in [6.45, 7) is 0.713. The van der Waals surface area contributed by atoms with Gasteiger partial charge in [0.25, 0.3) is 0 Å². The van der Waals surface area contributed by atoms with Crippen molar-refractivity contribution < 1.29 is 17.6 Å². The van der Waals surface area contributed by atoms with Gasteiger partial charge in [0.2, 0.25) is 15.9 Å². The summed E-state index contributed by atoms with van der Waals surface area (Å²) in [4.78, 5) is 16.4. The van der Waals surface area contributed by atoms with Gasteiger partial charge in [0.1, 0.15) is 5.82 Å². The molecular formula is C19H22FN3O3S. The van der Waals surface area contributed by atoms with E-state index in [1.165, 1.54) is 16.4 Å². The Morgan fingerprint density at radius 2 is 2.00 bits per heavy atom. The number of nitrogens with zero attached hydrogens (tertiary/aromatic N) is 2. The fraction of sp³-hybridized carbons (Fsp3) is 0.368. The summed E-state index contributed by atoms with van der Waals surface area (Å²) in [5.74, 6) is -0.691. The van der Waals surface area contributed by atoms with Crippen molar-refractivity contribution in [2.24, 2.45) is 0 Å². The Morgan fingerprint density at radius 1 is 1.22 bits per heavy atom. The number of halogens is 1. The summed E-state index contributed by atoms with van der Waals surface area (Å²) in [5.41, 5.74) is 0.880. The van der Waals surface area contributed by atoms with E-state index in [9.17, 15) is 17.6 Å². The lowest BCUT2D eigenvalue weighted by Crippen LogP contribution is -2.45. The average Bonchev–Trinajstić information content (AvgIpc) is 2.68. The molecule has 27 heavy (non-hydrogen) atoms. The van der Waals surface area contributed by atoms with Crippen LogP contribution in [0.4, 0.5) is 4.39 Å². The minimum atomic E-state index is -3.76. The van der Waals surface area contributed by atoms with Gasteiger partial charge >= 0.3 is 0 Å². The van der Waals surface area contributed by atoms with Crippen LogP contribution in [-0.4, -0.2) is 36.2 Å². The summed E-state index contributed by atoms with van der Waals surface area (Å²) < 4.78 is 40.4. The highest BCUT2D eigenvalue weighted by molar-refractivity contribution is 7.89. The van der Waals surface area contributed by atoms with Gasteiger partial charge in [0.15, 0.2) is 0 Å². The molecule has 8 heteroatoms. The predicted molar refractivity (Wildman–Crippen MR) is 98.6 cm³/mol. The van der Waals surface area contributed by atoms with Crippen LogP contribution in [0.5, 0.6) is 0 Å². The van der Waals surface area contributed by atoms with Gasteiger partial charge in [-0.3, -0.25) is 9.78 Å². The van der Waals surface area contributed by atoms with Crippen molar-refractivity contribution in [3.63, 3.8) is 0 Å². The summed E-state index contributed by atoms with van der Waals surface area (Å²) in [7, 11) is -3.76. The van der Waals surface area contributed by atoms with Crippen LogP contribution in [0.25, 0.3) is 0 Å². The van der Waals surface area contributed by atoms with E-state index in [1.54, 1.807) is 18.5 Å². The number of sulfonamides is 1. The fourth-order valence-corrected chi connectivity index (χ4v) is 4.92. The molecule has 6 nitrogen and oxygen atoms in total. The summed E-state index contributed by atoms with van der Waals surface area (Å²) in [6.07, 6.45) is 5.67. The highest BCUT2D eigenvalue weighted by atomic mass is 32.2. The maximum absolute atomic E-state index is 13.1. The van der Waals surface area contributed by atoms with Gasteiger partial charge in [-0.25, -0.2) is 12.8 Å². The lowest BCUT2D eigenvalue weighted by molar-refractivity contribution is -0.122. The Balaban J connectivity index is 1.67. The van der Waals surface area contributed by atoms with E-state index in [4.69, 9.17) is 0 Å². The van der Waals surface area contributed by atoms with Crippen LogP contribution in [0, 0.1) is 5.82 Å². The SMILES string of the molecule is O=C(C[C@@H]1CCCCN1S(=O)(=O)c1ccc(F)cc1)NCc1cccnc1. The van der Waals surface area contributed by atoms with Gasteiger partial charge in [-0.1, -0.05) is 12.5 Å². The maximum atomic E-state index is 13.1. The van der Waals surface area contributed by atoms with E-state index in [2.05, 4.69) is 10.3 Å². The first-order valence-electron chi connectivity index (χ1n) is 8.90. The molecule has 0 unspecified atom stereocenters. The smallest absolute Gasteiger partial charge is 0.243 e. The molecule has 2 aromatic rings. The van der Waals surface area contributed by atoms with Gasteiger partial charge < -0.3 is 5.32 Å². The van der Waals surface area contributed by atoms with Crippen LogP contribution >= 0.6 is 0 Å². The molecule has 1 aliphatic heterocycles. The normalized spacial score (nSPS) is 18.2. The highest BCUT2D eigenvalue weighted by Crippen LogP contribution is 2.27. The van der Waals surface area contributed by atoms with Crippen molar-refractivity contribution in [1.82, 2.24) is 14.6 Å². The Hall–Kier alpha value is -2.32. The van der Waals surface area contributed by atoms with Crippen LogP contribution in [0.3, 0.4) is 0 Å². The molecule has 0 aliphatic carbocycles. The Labute approximate surface area is 158 Å². The zero-order chi connectivity index (χ0) is 19.3. The van der Waals surface area contributed by atoms with Crippen molar-refractivity contribution in [2.45, 2.75) is 43.2 Å².